The number of aromatic nitrogens is 1. The fourth-order valence-corrected chi connectivity index (χ4v) is 6.84. The number of carboxylic acid groups (broad SMARTS) is 1. The minimum absolute atomic E-state index is 0.0660. The summed E-state index contributed by atoms with van der Waals surface area (Å²) in [6.07, 6.45) is 1.83. The molecule has 0 aliphatic heterocycles. The number of hydrogen-bond donors (Lipinski definition) is 5. The Morgan fingerprint density at radius 3 is 2.44 bits per heavy atom. The Labute approximate surface area is 312 Å². The molecule has 5 rings (SSSR count). The number of carboxylic acids is 1. The maximum absolute atomic E-state index is 13.0. The summed E-state index contributed by atoms with van der Waals surface area (Å²) < 4.78 is 6.54. The Bertz CT molecular complexity index is 1980. The predicted octanol–water partition coefficient (Wildman–Crippen LogP) is 6.14. The lowest BCUT2D eigenvalue weighted by atomic mass is 10.1. The number of hydrogen-bond acceptors (Lipinski definition) is 9. The molecule has 0 saturated carbocycles. The third-order valence-electron chi connectivity index (χ3n) is 8.72. The second-order valence-corrected chi connectivity index (χ2v) is 13.5. The van der Waals surface area contributed by atoms with Crippen molar-refractivity contribution in [1.82, 2.24) is 20.1 Å². The molecule has 52 heavy (non-hydrogen) atoms. The van der Waals surface area contributed by atoms with E-state index in [0.717, 1.165) is 65.0 Å². The van der Waals surface area contributed by atoms with Crippen LogP contribution in [0, 0.1) is 0 Å². The number of rotatable bonds is 18. The maximum atomic E-state index is 13.0. The Morgan fingerprint density at radius 2 is 1.69 bits per heavy atom. The van der Waals surface area contributed by atoms with Crippen molar-refractivity contribution in [2.24, 2.45) is 0 Å². The smallest absolute Gasteiger partial charge is 0.339 e. The highest BCUT2D eigenvalue weighted by molar-refractivity contribution is 7.16. The van der Waals surface area contributed by atoms with Crippen LogP contribution in [-0.2, 0) is 22.4 Å². The summed E-state index contributed by atoms with van der Waals surface area (Å²) in [6, 6.07) is 21.4. The summed E-state index contributed by atoms with van der Waals surface area (Å²) in [5.74, 6) is -1.10. The first-order valence-electron chi connectivity index (χ1n) is 17.4. The van der Waals surface area contributed by atoms with Gasteiger partial charge in [0.15, 0.2) is 0 Å². The van der Waals surface area contributed by atoms with E-state index in [-0.39, 0.29) is 27.8 Å². The van der Waals surface area contributed by atoms with E-state index < -0.39 is 5.97 Å². The summed E-state index contributed by atoms with van der Waals surface area (Å²) >= 11 is 7.15. The molecule has 5 N–H and O–H groups in total. The van der Waals surface area contributed by atoms with Gasteiger partial charge in [-0.1, -0.05) is 85.3 Å². The van der Waals surface area contributed by atoms with Gasteiger partial charge in [0.2, 0.25) is 5.91 Å². The maximum Gasteiger partial charge on any atom is 0.339 e. The number of phenols is 2. The molecule has 0 unspecified atom stereocenters. The quantitative estimate of drug-likeness (QED) is 0.0664. The van der Waals surface area contributed by atoms with Crippen molar-refractivity contribution in [2.45, 2.75) is 33.1 Å². The lowest BCUT2D eigenvalue weighted by Gasteiger charge is -2.27. The fraction of sp³-hybridized carbons (Fsp3) is 0.359. The Kier molecular flexibility index (Phi) is 15.9. The number of nitrogens with zero attached hydrogens (tertiary/aromatic N) is 2. The van der Waals surface area contributed by atoms with Gasteiger partial charge in [0, 0.05) is 36.6 Å². The van der Waals surface area contributed by atoms with Crippen LogP contribution in [-0.4, -0.2) is 101 Å². The molecule has 4 aromatic carbocycles. The number of carbonyl (C=O) groups excluding carboxylic acids is 1. The van der Waals surface area contributed by atoms with Crippen molar-refractivity contribution >= 4 is 55.8 Å². The first kappa shape index (κ1) is 40.3. The number of benzene rings is 4. The van der Waals surface area contributed by atoms with Crippen molar-refractivity contribution < 1.29 is 29.6 Å². The zero-order chi connectivity index (χ0) is 37.5. The summed E-state index contributed by atoms with van der Waals surface area (Å²) in [5.41, 5.74) is 2.57. The summed E-state index contributed by atoms with van der Waals surface area (Å²) in [4.78, 5) is 42.2. The van der Waals surface area contributed by atoms with Gasteiger partial charge in [-0.2, -0.15) is 0 Å². The van der Waals surface area contributed by atoms with Gasteiger partial charge < -0.3 is 40.2 Å². The van der Waals surface area contributed by atoms with Crippen LogP contribution in [0.5, 0.6) is 11.5 Å². The molecule has 1 heterocycles. The molecule has 5 aromatic rings. The molecule has 0 saturated heterocycles. The molecular formula is C39H47ClN4O7S. The van der Waals surface area contributed by atoms with Gasteiger partial charge in [-0.3, -0.25) is 9.59 Å². The molecule has 0 radical (unpaired) electrons. The zero-order valence-electron chi connectivity index (χ0n) is 29.6. The molecule has 1 aromatic heterocycles. The zero-order valence-corrected chi connectivity index (χ0v) is 31.1. The molecule has 1 amide bonds. The Balaban J connectivity index is 0.000000358. The molecule has 278 valence electrons. The van der Waals surface area contributed by atoms with E-state index in [1.54, 1.807) is 24.3 Å². The molecule has 11 nitrogen and oxygen atoms in total. The number of ether oxygens (including phenoxy) is 1. The number of likely N-dealkylation sites (N-methyl/N-ethyl adjacent to an activating group) is 1. The van der Waals surface area contributed by atoms with Crippen molar-refractivity contribution in [3.05, 3.63) is 104 Å². The minimum Gasteiger partial charge on any atom is -0.506 e. The summed E-state index contributed by atoms with van der Waals surface area (Å²) in [5, 5.41) is 33.9. The van der Waals surface area contributed by atoms with Crippen molar-refractivity contribution in [3.8, 4) is 11.5 Å². The fourth-order valence-electron chi connectivity index (χ4n) is 5.73. The van der Waals surface area contributed by atoms with Crippen LogP contribution in [0.2, 0.25) is 5.02 Å². The van der Waals surface area contributed by atoms with E-state index in [9.17, 15) is 24.6 Å². The van der Waals surface area contributed by atoms with Gasteiger partial charge in [0.1, 0.15) is 22.6 Å². The molecule has 0 aliphatic rings. The molecular weight excluding hydrogens is 704 g/mol. The highest BCUT2D eigenvalue weighted by Crippen LogP contribution is 2.29. The van der Waals surface area contributed by atoms with Crippen molar-refractivity contribution in [3.63, 3.8) is 0 Å². The average Bonchev–Trinajstić information content (AvgIpc) is 3.54. The van der Waals surface area contributed by atoms with Crippen LogP contribution in [0.3, 0.4) is 0 Å². The minimum atomic E-state index is -1.12. The molecule has 0 atom stereocenters. The molecule has 0 aliphatic carbocycles. The van der Waals surface area contributed by atoms with Gasteiger partial charge in [-0.15, -0.1) is 0 Å². The van der Waals surface area contributed by atoms with Crippen LogP contribution in [0.4, 0.5) is 0 Å². The van der Waals surface area contributed by atoms with E-state index in [1.165, 1.54) is 6.07 Å². The van der Waals surface area contributed by atoms with E-state index in [4.69, 9.17) is 21.4 Å². The third-order valence-corrected chi connectivity index (χ3v) is 9.91. The van der Waals surface area contributed by atoms with Gasteiger partial charge >= 0.3 is 10.8 Å². The van der Waals surface area contributed by atoms with E-state index in [2.05, 4.69) is 29.0 Å². The second kappa shape index (κ2) is 20.5. The monoisotopic (exact) mass is 750 g/mol. The highest BCUT2D eigenvalue weighted by Gasteiger charge is 2.15. The van der Waals surface area contributed by atoms with Crippen molar-refractivity contribution in [1.29, 1.82) is 0 Å². The number of aromatic carboxylic acids is 1. The van der Waals surface area contributed by atoms with Gasteiger partial charge in [-0.25, -0.2) is 4.79 Å². The number of H-pyrrole nitrogens is 1. The largest absolute Gasteiger partial charge is 0.506 e. The molecule has 0 spiro atoms. The Hall–Kier alpha value is -4.46. The Morgan fingerprint density at radius 1 is 0.904 bits per heavy atom. The van der Waals surface area contributed by atoms with Crippen LogP contribution < -0.4 is 10.2 Å². The number of aromatic hydroxyl groups is 2. The normalized spacial score (nSPS) is 11.2. The molecule has 13 heteroatoms. The summed E-state index contributed by atoms with van der Waals surface area (Å²) in [6.45, 7) is 10.6. The van der Waals surface area contributed by atoms with Crippen LogP contribution >= 0.6 is 22.9 Å². The molecule has 0 bridgehead atoms. The first-order valence-corrected chi connectivity index (χ1v) is 18.6. The predicted molar refractivity (Wildman–Crippen MR) is 208 cm³/mol. The number of fused-ring (bicyclic) bond motifs is 2. The first-order chi connectivity index (χ1) is 25.1. The van der Waals surface area contributed by atoms with Gasteiger partial charge in [-0.05, 0) is 73.3 Å². The lowest BCUT2D eigenvalue weighted by molar-refractivity contribution is -0.132. The number of aromatic amines is 1. The number of phenolic OH excluding ortho intramolecular Hbond substituents is 1. The van der Waals surface area contributed by atoms with E-state index in [1.807, 2.05) is 47.4 Å². The molecule has 0 fully saturated rings. The van der Waals surface area contributed by atoms with Crippen LogP contribution in [0.1, 0.15) is 41.8 Å². The third kappa shape index (κ3) is 11.8. The SMILES string of the molecule is CCN(CC)CCN(CCNCCc1ccc(O)c2[nH]c(=O)sc12)C(=O)CCOCCc1cccc(Cl)c1.O=C(O)c1ccc2ccccc2c1O. The van der Waals surface area contributed by atoms with E-state index >= 15 is 0 Å². The number of thiazole rings is 1. The van der Waals surface area contributed by atoms with E-state index in [0.29, 0.717) is 61.7 Å². The number of halogens is 1. The number of amides is 1. The lowest BCUT2D eigenvalue weighted by Crippen LogP contribution is -2.42. The number of carbonyl (C=O) groups is 2. The summed E-state index contributed by atoms with van der Waals surface area (Å²) in [7, 11) is 0. The van der Waals surface area contributed by atoms with Crippen LogP contribution in [0.15, 0.2) is 77.6 Å². The standard InChI is InChI=1S/C28H39ClN4O4S.C11H8O3/c1-3-32(4-2)16-17-33(25(35)12-19-37-18-11-21-6-5-7-23(29)20-21)15-14-30-13-10-22-8-9-24(34)26-27(22)38-28(36)31-26;12-10-8-4-2-1-3-7(8)5-6-9(10)11(13)14/h5-9,20,30,34H,3-4,10-19H2,1-2H3,(H,31,36);1-6,12H,(H,13,14). The van der Waals surface area contributed by atoms with Crippen LogP contribution in [0.25, 0.3) is 21.0 Å². The number of nitrogens with one attached hydrogen (secondary N) is 2. The van der Waals surface area contributed by atoms with Crippen molar-refractivity contribution in [2.75, 3.05) is 59.0 Å². The highest BCUT2D eigenvalue weighted by atomic mass is 35.5. The van der Waals surface area contributed by atoms with Gasteiger partial charge in [0.25, 0.3) is 0 Å². The average molecular weight is 751 g/mol. The van der Waals surface area contributed by atoms with Gasteiger partial charge in [0.05, 0.1) is 24.3 Å². The second-order valence-electron chi connectivity index (χ2n) is 12.1. The topological polar surface area (TPSA) is 155 Å².